The molecule has 0 aliphatic heterocycles. The highest BCUT2D eigenvalue weighted by molar-refractivity contribution is 4.50. The maximum Gasteiger partial charge on any atom is 0.549 e. The fourth-order valence-corrected chi connectivity index (χ4v) is 0.151. The van der Waals surface area contributed by atoms with Crippen molar-refractivity contribution in [2.24, 2.45) is 0 Å². The molecule has 2 nitrogen and oxygen atoms in total. The van der Waals surface area contributed by atoms with E-state index in [2.05, 4.69) is 9.78 Å². The lowest BCUT2D eigenvalue weighted by Crippen LogP contribution is -2.30. The molecule has 0 heterocycles. The summed E-state index contributed by atoms with van der Waals surface area (Å²) >= 11 is 0. The lowest BCUT2D eigenvalue weighted by atomic mass is 10.7. The van der Waals surface area contributed by atoms with Crippen molar-refractivity contribution in [3.63, 3.8) is 0 Å². The van der Waals surface area contributed by atoms with Gasteiger partial charge in [-0.15, -0.1) is 18.1 Å². The maximum absolute atomic E-state index is 11.5. The summed E-state index contributed by atoms with van der Waals surface area (Å²) in [5.41, 5.74) is 0. The Morgan fingerprint density at radius 3 is 1.58 bits per heavy atom. The monoisotopic (exact) mass is 202 g/mol. The molecule has 1 atom stereocenters. The first-order chi connectivity index (χ1) is 5.13. The smallest absolute Gasteiger partial charge is 0.202 e. The molecule has 0 aliphatic rings. The van der Waals surface area contributed by atoms with Crippen LogP contribution in [0.25, 0.3) is 0 Å². The molecule has 0 aromatic carbocycles. The average molecular weight is 202 g/mol. The van der Waals surface area contributed by atoms with Crippen LogP contribution in [0.3, 0.4) is 0 Å². The average Bonchev–Trinajstić information content (AvgIpc) is 1.78. The Kier molecular flexibility index (Phi) is 3.27. The van der Waals surface area contributed by atoms with Gasteiger partial charge in [0, 0.05) is 0 Å². The van der Waals surface area contributed by atoms with E-state index in [1.54, 1.807) is 0 Å². The van der Waals surface area contributed by atoms with Crippen LogP contribution in [0.2, 0.25) is 0 Å². The van der Waals surface area contributed by atoms with Gasteiger partial charge in [-0.2, -0.15) is 18.1 Å². The van der Waals surface area contributed by atoms with E-state index in [-0.39, 0.29) is 0 Å². The van der Waals surface area contributed by atoms with Gasteiger partial charge in [0.05, 0.1) is 0 Å². The summed E-state index contributed by atoms with van der Waals surface area (Å²) in [4.78, 5) is 4.48. The molecule has 0 spiro atoms. The number of alkyl halides is 7. The van der Waals surface area contributed by atoms with E-state index >= 15 is 0 Å². The molecule has 0 N–H and O–H groups in total. The van der Waals surface area contributed by atoms with Crippen LogP contribution in [-0.4, -0.2) is 18.9 Å². The molecule has 0 fully saturated rings. The Morgan fingerprint density at radius 2 is 1.33 bits per heavy atom. The molecule has 0 saturated heterocycles. The molecule has 0 bridgehead atoms. The van der Waals surface area contributed by atoms with Crippen molar-refractivity contribution < 1.29 is 40.5 Å². The first-order valence-corrected chi connectivity index (χ1v) is 2.25. The zero-order chi connectivity index (χ0) is 9.99. The van der Waals surface area contributed by atoms with Crippen molar-refractivity contribution in [2.45, 2.75) is 18.9 Å². The van der Waals surface area contributed by atoms with Crippen molar-refractivity contribution in [1.82, 2.24) is 0 Å². The first kappa shape index (κ1) is 11.4. The summed E-state index contributed by atoms with van der Waals surface area (Å²) in [6, 6.07) is 0. The Balaban J connectivity index is 3.80. The van der Waals surface area contributed by atoms with Crippen LogP contribution in [0.5, 0.6) is 0 Å². The molecule has 74 valence electrons. The van der Waals surface area contributed by atoms with Crippen molar-refractivity contribution in [2.75, 3.05) is 0 Å². The predicted octanol–water partition coefficient (Wildman–Crippen LogP) is 2.31. The van der Waals surface area contributed by atoms with E-state index in [0.717, 1.165) is 0 Å². The molecule has 0 saturated carbocycles. The minimum absolute atomic E-state index is 2.12. The highest BCUT2D eigenvalue weighted by Gasteiger charge is 2.45. The largest absolute Gasteiger partial charge is 0.549 e. The summed E-state index contributed by atoms with van der Waals surface area (Å²) in [5, 5.41) is 0. The second kappa shape index (κ2) is 3.44. The zero-order valence-electron chi connectivity index (χ0n) is 5.04. The third kappa shape index (κ3) is 5.13. The zero-order valence-corrected chi connectivity index (χ0v) is 5.04. The summed E-state index contributed by atoms with van der Waals surface area (Å²) < 4.78 is 77.5. The maximum atomic E-state index is 11.5. The normalized spacial score (nSPS) is 16.2. The van der Waals surface area contributed by atoms with E-state index in [9.17, 15) is 30.7 Å². The lowest BCUT2D eigenvalue weighted by molar-refractivity contribution is -0.526. The van der Waals surface area contributed by atoms with Crippen LogP contribution in [-0.2, 0) is 9.78 Å². The van der Waals surface area contributed by atoms with Gasteiger partial charge in [-0.05, 0) is 0 Å². The van der Waals surface area contributed by atoms with Crippen molar-refractivity contribution in [3.8, 4) is 0 Å². The second-order valence-corrected chi connectivity index (χ2v) is 1.48. The number of halogens is 7. The molecule has 0 aliphatic carbocycles. The molecular weight excluding hydrogens is 201 g/mol. The van der Waals surface area contributed by atoms with E-state index in [4.69, 9.17) is 0 Å². The Morgan fingerprint density at radius 1 is 0.917 bits per heavy atom. The van der Waals surface area contributed by atoms with Gasteiger partial charge in [0.15, 0.2) is 0 Å². The van der Waals surface area contributed by atoms with Crippen molar-refractivity contribution in [3.05, 3.63) is 0 Å². The minimum Gasteiger partial charge on any atom is -0.202 e. The minimum atomic E-state index is -5.54. The van der Waals surface area contributed by atoms with Gasteiger partial charge in [-0.1, -0.05) is 0 Å². The number of hydrogen-bond acceptors (Lipinski definition) is 2. The molecule has 0 aromatic heterocycles. The molecule has 9 heteroatoms. The highest BCUT2D eigenvalue weighted by atomic mass is 19.4. The summed E-state index contributed by atoms with van der Waals surface area (Å²) in [5.74, 6) is 0. The third-order valence-electron chi connectivity index (χ3n) is 0.484. The van der Waals surface area contributed by atoms with Crippen LogP contribution in [0, 0.1) is 0 Å². The van der Waals surface area contributed by atoms with Crippen LogP contribution in [0.4, 0.5) is 30.7 Å². The van der Waals surface area contributed by atoms with Crippen LogP contribution in [0.1, 0.15) is 0 Å². The fraction of sp³-hybridized carbons (Fsp3) is 1.00. The molecule has 0 aromatic rings. The third-order valence-corrected chi connectivity index (χ3v) is 0.484. The molecule has 12 heavy (non-hydrogen) atoms. The Hall–Kier alpha value is -0.570. The summed E-state index contributed by atoms with van der Waals surface area (Å²) in [6.45, 7) is 0. The van der Waals surface area contributed by atoms with Gasteiger partial charge in [0.2, 0.25) is 0 Å². The van der Waals surface area contributed by atoms with Crippen LogP contribution < -0.4 is 0 Å². The molecule has 0 amide bonds. The Bertz CT molecular complexity index is 137. The van der Waals surface area contributed by atoms with Crippen LogP contribution >= 0.6 is 0 Å². The van der Waals surface area contributed by atoms with E-state index in [0.29, 0.717) is 0 Å². The van der Waals surface area contributed by atoms with Gasteiger partial charge in [0.25, 0.3) is 0 Å². The van der Waals surface area contributed by atoms with Gasteiger partial charge in [-0.3, -0.25) is 0 Å². The highest BCUT2D eigenvalue weighted by Crippen LogP contribution is 2.26. The van der Waals surface area contributed by atoms with E-state index in [1.807, 2.05) is 0 Å². The fourth-order valence-electron chi connectivity index (χ4n) is 0.151. The second-order valence-electron chi connectivity index (χ2n) is 1.48. The van der Waals surface area contributed by atoms with Crippen LogP contribution in [0.15, 0.2) is 0 Å². The standard InChI is InChI=1S/C3HF7O2/c4-1(2(5,6)7)11-12-3(8,9)10/h1H. The molecule has 0 radical (unpaired) electrons. The SMILES string of the molecule is FC(OOC(F)(F)F)C(F)(F)F. The summed E-state index contributed by atoms with van der Waals surface area (Å²) in [6.07, 6.45) is -15.1. The van der Waals surface area contributed by atoms with E-state index < -0.39 is 18.9 Å². The Labute approximate surface area is 60.8 Å². The summed E-state index contributed by atoms with van der Waals surface area (Å²) in [7, 11) is 0. The number of rotatable bonds is 2. The quantitative estimate of drug-likeness (QED) is 0.388. The molecule has 1 unspecified atom stereocenters. The van der Waals surface area contributed by atoms with Crippen molar-refractivity contribution in [1.29, 1.82) is 0 Å². The topological polar surface area (TPSA) is 18.5 Å². The van der Waals surface area contributed by atoms with Crippen molar-refractivity contribution >= 4 is 0 Å². The first-order valence-electron chi connectivity index (χ1n) is 2.25. The predicted molar refractivity (Wildman–Crippen MR) is 19.2 cm³/mol. The van der Waals surface area contributed by atoms with E-state index in [1.165, 1.54) is 0 Å². The lowest BCUT2D eigenvalue weighted by Gasteiger charge is -2.12. The molecular formula is C3HF7O2. The van der Waals surface area contributed by atoms with Gasteiger partial charge in [0.1, 0.15) is 0 Å². The molecule has 0 rings (SSSR count). The van der Waals surface area contributed by atoms with Gasteiger partial charge in [-0.25, -0.2) is 4.39 Å². The van der Waals surface area contributed by atoms with Gasteiger partial charge < -0.3 is 0 Å². The number of hydrogen-bond donors (Lipinski definition) is 0. The van der Waals surface area contributed by atoms with Gasteiger partial charge >= 0.3 is 18.9 Å².